The summed E-state index contributed by atoms with van der Waals surface area (Å²) in [5.74, 6) is 0. The van der Waals surface area contributed by atoms with E-state index in [1.165, 1.54) is 16.6 Å². The molecule has 0 spiro atoms. The first-order valence-electron chi connectivity index (χ1n) is 5.17. The Bertz CT molecular complexity index is 474. The molecule has 1 aromatic carbocycles. The number of rotatable bonds is 3. The molecule has 15 heavy (non-hydrogen) atoms. The molecule has 0 bridgehead atoms. The highest BCUT2D eigenvalue weighted by molar-refractivity contribution is 6.31. The normalized spacial score (nSPS) is 11.1. The summed E-state index contributed by atoms with van der Waals surface area (Å²) in [6.45, 7) is 4.00. The lowest BCUT2D eigenvalue weighted by atomic mass is 10.2. The second kappa shape index (κ2) is 4.25. The van der Waals surface area contributed by atoms with Crippen LogP contribution >= 0.6 is 11.6 Å². The Morgan fingerprint density at radius 2 is 2.13 bits per heavy atom. The van der Waals surface area contributed by atoms with Crippen molar-refractivity contribution in [2.24, 2.45) is 7.05 Å². The van der Waals surface area contributed by atoms with Crippen molar-refractivity contribution in [2.45, 2.75) is 13.5 Å². The standard InChI is InChI=1S/C12H15ClN2/c1-3-14-8-11-6-9-4-5-10(13)7-12(9)15(11)2/h4-7,14H,3,8H2,1-2H3. The number of aryl methyl sites for hydroxylation is 1. The van der Waals surface area contributed by atoms with Crippen molar-refractivity contribution < 1.29 is 0 Å². The van der Waals surface area contributed by atoms with E-state index in [4.69, 9.17) is 11.6 Å². The quantitative estimate of drug-likeness (QED) is 0.845. The van der Waals surface area contributed by atoms with E-state index in [1.807, 2.05) is 12.1 Å². The second-order valence-electron chi connectivity index (χ2n) is 3.68. The van der Waals surface area contributed by atoms with Gasteiger partial charge in [-0.1, -0.05) is 24.6 Å². The molecular weight excluding hydrogens is 208 g/mol. The molecule has 0 unspecified atom stereocenters. The third-order valence-electron chi connectivity index (χ3n) is 2.66. The molecule has 2 rings (SSSR count). The van der Waals surface area contributed by atoms with Gasteiger partial charge < -0.3 is 9.88 Å². The first kappa shape index (κ1) is 10.5. The van der Waals surface area contributed by atoms with E-state index in [1.54, 1.807) is 0 Å². The molecule has 2 aromatic rings. The maximum absolute atomic E-state index is 5.98. The maximum Gasteiger partial charge on any atom is 0.0495 e. The van der Waals surface area contributed by atoms with Gasteiger partial charge in [0.1, 0.15) is 0 Å². The number of fused-ring (bicyclic) bond motifs is 1. The number of benzene rings is 1. The van der Waals surface area contributed by atoms with Crippen molar-refractivity contribution in [1.29, 1.82) is 0 Å². The minimum Gasteiger partial charge on any atom is -0.346 e. The Labute approximate surface area is 94.8 Å². The Morgan fingerprint density at radius 1 is 1.33 bits per heavy atom. The van der Waals surface area contributed by atoms with Crippen LogP contribution in [0.15, 0.2) is 24.3 Å². The van der Waals surface area contributed by atoms with Crippen molar-refractivity contribution in [3.8, 4) is 0 Å². The van der Waals surface area contributed by atoms with Gasteiger partial charge in [0.05, 0.1) is 0 Å². The van der Waals surface area contributed by atoms with Crippen LogP contribution in [0.2, 0.25) is 5.02 Å². The molecule has 0 amide bonds. The Hall–Kier alpha value is -0.990. The first-order chi connectivity index (χ1) is 7.22. The van der Waals surface area contributed by atoms with Crippen molar-refractivity contribution in [3.05, 3.63) is 35.0 Å². The van der Waals surface area contributed by atoms with Gasteiger partial charge in [-0.25, -0.2) is 0 Å². The Morgan fingerprint density at radius 3 is 2.87 bits per heavy atom. The zero-order chi connectivity index (χ0) is 10.8. The van der Waals surface area contributed by atoms with Crippen molar-refractivity contribution in [3.63, 3.8) is 0 Å². The second-order valence-corrected chi connectivity index (χ2v) is 4.11. The highest BCUT2D eigenvalue weighted by atomic mass is 35.5. The SMILES string of the molecule is CCNCc1cc2ccc(Cl)cc2n1C. The fraction of sp³-hybridized carbons (Fsp3) is 0.333. The number of hydrogen-bond acceptors (Lipinski definition) is 1. The van der Waals surface area contributed by atoms with Gasteiger partial charge in [0.2, 0.25) is 0 Å². The molecule has 2 nitrogen and oxygen atoms in total. The van der Waals surface area contributed by atoms with Crippen LogP contribution in [-0.4, -0.2) is 11.1 Å². The van der Waals surface area contributed by atoms with Gasteiger partial charge in [0.15, 0.2) is 0 Å². The topological polar surface area (TPSA) is 17.0 Å². The third-order valence-corrected chi connectivity index (χ3v) is 2.90. The third kappa shape index (κ3) is 2.01. The molecule has 0 aliphatic carbocycles. The van der Waals surface area contributed by atoms with Crippen molar-refractivity contribution in [2.75, 3.05) is 6.54 Å². The summed E-state index contributed by atoms with van der Waals surface area (Å²) in [4.78, 5) is 0. The van der Waals surface area contributed by atoms with Crippen LogP contribution in [0, 0.1) is 0 Å². The fourth-order valence-electron chi connectivity index (χ4n) is 1.78. The van der Waals surface area contributed by atoms with Crippen LogP contribution in [-0.2, 0) is 13.6 Å². The zero-order valence-electron chi connectivity index (χ0n) is 9.05. The van der Waals surface area contributed by atoms with Crippen molar-refractivity contribution in [1.82, 2.24) is 9.88 Å². The van der Waals surface area contributed by atoms with Gasteiger partial charge in [0, 0.05) is 29.8 Å². The summed E-state index contributed by atoms with van der Waals surface area (Å²) in [5.41, 5.74) is 2.48. The van der Waals surface area contributed by atoms with Gasteiger partial charge in [-0.05, 0) is 30.1 Å². The number of nitrogens with one attached hydrogen (secondary N) is 1. The molecular formula is C12H15ClN2. The fourth-order valence-corrected chi connectivity index (χ4v) is 1.95. The number of halogens is 1. The lowest BCUT2D eigenvalue weighted by Gasteiger charge is -2.04. The number of hydrogen-bond donors (Lipinski definition) is 1. The summed E-state index contributed by atoms with van der Waals surface area (Å²) in [6.07, 6.45) is 0. The molecule has 0 saturated heterocycles. The largest absolute Gasteiger partial charge is 0.346 e. The Kier molecular flexibility index (Phi) is 2.98. The first-order valence-corrected chi connectivity index (χ1v) is 5.54. The molecule has 80 valence electrons. The number of aromatic nitrogens is 1. The summed E-state index contributed by atoms with van der Waals surface area (Å²) in [7, 11) is 2.07. The molecule has 0 aliphatic rings. The predicted molar refractivity (Wildman–Crippen MR) is 65.3 cm³/mol. The molecule has 0 saturated carbocycles. The zero-order valence-corrected chi connectivity index (χ0v) is 9.80. The van der Waals surface area contributed by atoms with E-state index in [9.17, 15) is 0 Å². The van der Waals surface area contributed by atoms with Crippen LogP contribution in [0.1, 0.15) is 12.6 Å². The maximum atomic E-state index is 5.98. The molecule has 1 heterocycles. The van der Waals surface area contributed by atoms with E-state index in [-0.39, 0.29) is 0 Å². The molecule has 1 aromatic heterocycles. The summed E-state index contributed by atoms with van der Waals surface area (Å²) >= 11 is 5.98. The molecule has 3 heteroatoms. The number of nitrogens with zero attached hydrogens (tertiary/aromatic N) is 1. The molecule has 0 aliphatic heterocycles. The minimum atomic E-state index is 0.790. The minimum absolute atomic E-state index is 0.790. The van der Waals surface area contributed by atoms with E-state index < -0.39 is 0 Å². The summed E-state index contributed by atoms with van der Waals surface area (Å²) in [5, 5.41) is 5.36. The van der Waals surface area contributed by atoms with Gasteiger partial charge in [-0.2, -0.15) is 0 Å². The Balaban J connectivity index is 2.45. The van der Waals surface area contributed by atoms with Crippen LogP contribution in [0.25, 0.3) is 10.9 Å². The predicted octanol–water partition coefficient (Wildman–Crippen LogP) is 2.94. The van der Waals surface area contributed by atoms with Gasteiger partial charge in [0.25, 0.3) is 0 Å². The van der Waals surface area contributed by atoms with Crippen LogP contribution in [0.5, 0.6) is 0 Å². The van der Waals surface area contributed by atoms with Gasteiger partial charge in [-0.15, -0.1) is 0 Å². The van der Waals surface area contributed by atoms with Crippen LogP contribution in [0.3, 0.4) is 0 Å². The van der Waals surface area contributed by atoms with E-state index in [2.05, 4.69) is 36.0 Å². The van der Waals surface area contributed by atoms with E-state index in [0.717, 1.165) is 18.1 Å². The molecule has 1 N–H and O–H groups in total. The lowest BCUT2D eigenvalue weighted by molar-refractivity contribution is 0.686. The average molecular weight is 223 g/mol. The smallest absolute Gasteiger partial charge is 0.0495 e. The van der Waals surface area contributed by atoms with Crippen LogP contribution < -0.4 is 5.32 Å². The average Bonchev–Trinajstić information content (AvgIpc) is 2.53. The summed E-state index contributed by atoms with van der Waals surface area (Å²) in [6, 6.07) is 8.20. The van der Waals surface area contributed by atoms with Gasteiger partial charge in [-0.3, -0.25) is 0 Å². The highest BCUT2D eigenvalue weighted by Crippen LogP contribution is 2.22. The van der Waals surface area contributed by atoms with Gasteiger partial charge >= 0.3 is 0 Å². The van der Waals surface area contributed by atoms with E-state index in [0.29, 0.717) is 0 Å². The summed E-state index contributed by atoms with van der Waals surface area (Å²) < 4.78 is 2.18. The highest BCUT2D eigenvalue weighted by Gasteiger charge is 2.05. The monoisotopic (exact) mass is 222 g/mol. The molecule has 0 radical (unpaired) electrons. The molecule has 0 atom stereocenters. The van der Waals surface area contributed by atoms with E-state index >= 15 is 0 Å². The van der Waals surface area contributed by atoms with Crippen molar-refractivity contribution >= 4 is 22.5 Å². The lowest BCUT2D eigenvalue weighted by Crippen LogP contribution is -2.14. The molecule has 0 fully saturated rings. The van der Waals surface area contributed by atoms with Crippen LogP contribution in [0.4, 0.5) is 0 Å².